The Bertz CT molecular complexity index is 378. The highest BCUT2D eigenvalue weighted by atomic mass is 79.9. The molecular formula is C12H16BrNO. The van der Waals surface area contributed by atoms with Crippen LogP contribution in [0.25, 0.3) is 0 Å². The number of nitrogens with two attached hydrogens (primary N) is 1. The van der Waals surface area contributed by atoms with Crippen LogP contribution in [0.1, 0.15) is 42.9 Å². The fraction of sp³-hybridized carbons (Fsp3) is 0.500. The number of fused-ring (bicyclic) bond motifs is 1. The maximum Gasteiger partial charge on any atom is 0.122 e. The fourth-order valence-electron chi connectivity index (χ4n) is 2.37. The summed E-state index contributed by atoms with van der Waals surface area (Å²) in [4.78, 5) is 0. The first kappa shape index (κ1) is 11.0. The van der Waals surface area contributed by atoms with Gasteiger partial charge in [-0.05, 0) is 36.5 Å². The molecule has 0 saturated heterocycles. The highest BCUT2D eigenvalue weighted by Gasteiger charge is 2.27. The number of methoxy groups -OCH3 is 1. The molecule has 1 aliphatic rings. The van der Waals surface area contributed by atoms with Gasteiger partial charge in [0.15, 0.2) is 0 Å². The molecule has 2 nitrogen and oxygen atoms in total. The van der Waals surface area contributed by atoms with Crippen molar-refractivity contribution in [3.05, 3.63) is 27.7 Å². The van der Waals surface area contributed by atoms with E-state index in [9.17, 15) is 0 Å². The van der Waals surface area contributed by atoms with Crippen LogP contribution in [0.5, 0.6) is 5.75 Å². The number of benzene rings is 1. The second-order valence-corrected chi connectivity index (χ2v) is 5.02. The zero-order chi connectivity index (χ0) is 11.0. The number of hydrogen-bond acceptors (Lipinski definition) is 2. The first-order valence-electron chi connectivity index (χ1n) is 5.27. The minimum atomic E-state index is 0.140. The van der Waals surface area contributed by atoms with Gasteiger partial charge in [0.2, 0.25) is 0 Å². The van der Waals surface area contributed by atoms with Gasteiger partial charge in [0, 0.05) is 16.1 Å². The molecule has 0 saturated carbocycles. The molecule has 2 atom stereocenters. The SMILES string of the molecule is COc1ccc(Br)c2c1C(C)CC[C@H]2N. The van der Waals surface area contributed by atoms with Crippen LogP contribution >= 0.6 is 15.9 Å². The third-order valence-electron chi connectivity index (χ3n) is 3.19. The van der Waals surface area contributed by atoms with Gasteiger partial charge in [0.25, 0.3) is 0 Å². The Balaban J connectivity index is 2.63. The Morgan fingerprint density at radius 3 is 2.73 bits per heavy atom. The minimum Gasteiger partial charge on any atom is -0.496 e. The fourth-order valence-corrected chi connectivity index (χ4v) is 3.01. The van der Waals surface area contributed by atoms with Crippen LogP contribution in [0.15, 0.2) is 16.6 Å². The number of halogens is 1. The lowest BCUT2D eigenvalue weighted by Gasteiger charge is -2.29. The highest BCUT2D eigenvalue weighted by Crippen LogP contribution is 2.44. The van der Waals surface area contributed by atoms with E-state index in [1.165, 1.54) is 11.1 Å². The van der Waals surface area contributed by atoms with E-state index in [0.717, 1.165) is 23.1 Å². The van der Waals surface area contributed by atoms with Crippen molar-refractivity contribution in [3.8, 4) is 5.75 Å². The van der Waals surface area contributed by atoms with E-state index >= 15 is 0 Å². The predicted molar refractivity (Wildman–Crippen MR) is 65.3 cm³/mol. The molecule has 0 radical (unpaired) electrons. The van der Waals surface area contributed by atoms with Crippen LogP contribution in [0.3, 0.4) is 0 Å². The summed E-state index contributed by atoms with van der Waals surface area (Å²) in [5.74, 6) is 1.50. The van der Waals surface area contributed by atoms with E-state index in [-0.39, 0.29) is 6.04 Å². The molecule has 1 aliphatic carbocycles. The second kappa shape index (κ2) is 4.14. The average molecular weight is 270 g/mol. The molecule has 1 unspecified atom stereocenters. The van der Waals surface area contributed by atoms with Crippen molar-refractivity contribution in [1.29, 1.82) is 0 Å². The lowest BCUT2D eigenvalue weighted by Crippen LogP contribution is -2.20. The summed E-state index contributed by atoms with van der Waals surface area (Å²) in [6, 6.07) is 4.17. The van der Waals surface area contributed by atoms with Crippen LogP contribution in [0.4, 0.5) is 0 Å². The molecule has 0 aliphatic heterocycles. The monoisotopic (exact) mass is 269 g/mol. The number of ether oxygens (including phenoxy) is 1. The Morgan fingerprint density at radius 2 is 2.07 bits per heavy atom. The zero-order valence-corrected chi connectivity index (χ0v) is 10.7. The highest BCUT2D eigenvalue weighted by molar-refractivity contribution is 9.10. The number of hydrogen-bond donors (Lipinski definition) is 1. The zero-order valence-electron chi connectivity index (χ0n) is 9.09. The molecule has 2 rings (SSSR count). The molecule has 0 amide bonds. The van der Waals surface area contributed by atoms with Crippen molar-refractivity contribution in [2.24, 2.45) is 5.73 Å². The van der Waals surface area contributed by atoms with E-state index in [4.69, 9.17) is 10.5 Å². The van der Waals surface area contributed by atoms with Gasteiger partial charge >= 0.3 is 0 Å². The van der Waals surface area contributed by atoms with Gasteiger partial charge in [0.05, 0.1) is 7.11 Å². The summed E-state index contributed by atoms with van der Waals surface area (Å²) in [6.07, 6.45) is 2.20. The molecule has 0 aromatic heterocycles. The van der Waals surface area contributed by atoms with Crippen LogP contribution in [-0.4, -0.2) is 7.11 Å². The lowest BCUT2D eigenvalue weighted by molar-refractivity contribution is 0.395. The van der Waals surface area contributed by atoms with Crippen molar-refractivity contribution in [2.45, 2.75) is 31.7 Å². The summed E-state index contributed by atoms with van der Waals surface area (Å²) in [6.45, 7) is 2.24. The van der Waals surface area contributed by atoms with Gasteiger partial charge < -0.3 is 10.5 Å². The molecule has 82 valence electrons. The standard InChI is InChI=1S/C12H16BrNO/c1-7-3-5-9(14)12-8(13)4-6-10(15-2)11(7)12/h4,6-7,9H,3,5,14H2,1-2H3/t7?,9-/m1/s1. The Kier molecular flexibility index (Phi) is 3.03. The molecule has 0 fully saturated rings. The molecule has 0 heterocycles. The van der Waals surface area contributed by atoms with Crippen LogP contribution in [0.2, 0.25) is 0 Å². The third kappa shape index (κ3) is 1.79. The van der Waals surface area contributed by atoms with Gasteiger partial charge in [-0.25, -0.2) is 0 Å². The molecule has 1 aromatic rings. The smallest absolute Gasteiger partial charge is 0.122 e. The average Bonchev–Trinajstić information content (AvgIpc) is 2.23. The van der Waals surface area contributed by atoms with Gasteiger partial charge in [0.1, 0.15) is 5.75 Å². The van der Waals surface area contributed by atoms with E-state index < -0.39 is 0 Å². The third-order valence-corrected chi connectivity index (χ3v) is 3.88. The van der Waals surface area contributed by atoms with Crippen LogP contribution in [0, 0.1) is 0 Å². The summed E-state index contributed by atoms with van der Waals surface area (Å²) < 4.78 is 6.52. The second-order valence-electron chi connectivity index (χ2n) is 4.16. The Labute approximate surface area is 98.9 Å². The predicted octanol–water partition coefficient (Wildman–Crippen LogP) is 3.35. The molecule has 3 heteroatoms. The topological polar surface area (TPSA) is 35.2 Å². The molecule has 0 spiro atoms. The quantitative estimate of drug-likeness (QED) is 0.849. The molecule has 1 aromatic carbocycles. The first-order chi connectivity index (χ1) is 7.15. The van der Waals surface area contributed by atoms with Crippen molar-refractivity contribution in [3.63, 3.8) is 0 Å². The Morgan fingerprint density at radius 1 is 1.33 bits per heavy atom. The van der Waals surface area contributed by atoms with E-state index in [2.05, 4.69) is 22.9 Å². The maximum absolute atomic E-state index is 6.15. The van der Waals surface area contributed by atoms with E-state index in [0.29, 0.717) is 5.92 Å². The molecule has 0 bridgehead atoms. The lowest BCUT2D eigenvalue weighted by atomic mass is 9.81. The van der Waals surface area contributed by atoms with Crippen molar-refractivity contribution < 1.29 is 4.74 Å². The first-order valence-corrected chi connectivity index (χ1v) is 6.06. The summed E-state index contributed by atoms with van der Waals surface area (Å²) in [5.41, 5.74) is 8.66. The Hall–Kier alpha value is -0.540. The molecule has 2 N–H and O–H groups in total. The van der Waals surface area contributed by atoms with Crippen molar-refractivity contribution in [2.75, 3.05) is 7.11 Å². The van der Waals surface area contributed by atoms with Crippen LogP contribution < -0.4 is 10.5 Å². The van der Waals surface area contributed by atoms with E-state index in [1.807, 2.05) is 12.1 Å². The van der Waals surface area contributed by atoms with Crippen molar-refractivity contribution >= 4 is 15.9 Å². The van der Waals surface area contributed by atoms with E-state index in [1.54, 1.807) is 7.11 Å². The van der Waals surface area contributed by atoms with Crippen LogP contribution in [-0.2, 0) is 0 Å². The van der Waals surface area contributed by atoms with Gasteiger partial charge in [-0.2, -0.15) is 0 Å². The maximum atomic E-state index is 6.15. The minimum absolute atomic E-state index is 0.140. The molecular weight excluding hydrogens is 254 g/mol. The summed E-state index contributed by atoms with van der Waals surface area (Å²) >= 11 is 3.58. The molecule has 15 heavy (non-hydrogen) atoms. The number of rotatable bonds is 1. The largest absolute Gasteiger partial charge is 0.496 e. The summed E-state index contributed by atoms with van der Waals surface area (Å²) in [5, 5.41) is 0. The normalized spacial score (nSPS) is 24.8. The summed E-state index contributed by atoms with van der Waals surface area (Å²) in [7, 11) is 1.72. The van der Waals surface area contributed by atoms with Gasteiger partial charge in [-0.1, -0.05) is 22.9 Å². The van der Waals surface area contributed by atoms with Gasteiger partial charge in [-0.3, -0.25) is 0 Å². The van der Waals surface area contributed by atoms with Gasteiger partial charge in [-0.15, -0.1) is 0 Å². The van der Waals surface area contributed by atoms with Crippen molar-refractivity contribution in [1.82, 2.24) is 0 Å².